The Labute approximate surface area is 129 Å². The molecule has 0 aromatic heterocycles. The van der Waals surface area contributed by atoms with Crippen LogP contribution in [-0.4, -0.2) is 19.2 Å². The Bertz CT molecular complexity index is 445. The van der Waals surface area contributed by atoms with Gasteiger partial charge in [-0.1, -0.05) is 44.0 Å². The van der Waals surface area contributed by atoms with E-state index >= 15 is 0 Å². The Kier molecular flexibility index (Phi) is 5.32. The largest absolute Gasteiger partial charge is 0.373 e. The van der Waals surface area contributed by atoms with Gasteiger partial charge in [0.25, 0.3) is 0 Å². The highest BCUT2D eigenvalue weighted by Crippen LogP contribution is 2.37. The maximum absolute atomic E-state index is 6.13. The van der Waals surface area contributed by atoms with Crippen LogP contribution in [0.3, 0.4) is 0 Å². The van der Waals surface area contributed by atoms with Crippen molar-refractivity contribution < 1.29 is 4.74 Å². The first-order chi connectivity index (χ1) is 10.4. The summed E-state index contributed by atoms with van der Waals surface area (Å²) in [6, 6.07) is 9.58. The summed E-state index contributed by atoms with van der Waals surface area (Å²) in [5.41, 5.74) is 2.95. The maximum Gasteiger partial charge on any atom is 0.0831 e. The molecule has 1 aromatic carbocycles. The third-order valence-corrected chi connectivity index (χ3v) is 5.17. The van der Waals surface area contributed by atoms with Crippen molar-refractivity contribution in [1.29, 1.82) is 0 Å². The maximum atomic E-state index is 6.13. The van der Waals surface area contributed by atoms with E-state index in [1.54, 1.807) is 0 Å². The van der Waals surface area contributed by atoms with Crippen molar-refractivity contribution in [2.45, 2.75) is 64.0 Å². The van der Waals surface area contributed by atoms with Crippen molar-refractivity contribution in [2.75, 3.05) is 13.2 Å². The van der Waals surface area contributed by atoms with Gasteiger partial charge in [-0.15, -0.1) is 0 Å². The highest BCUT2D eigenvalue weighted by Gasteiger charge is 2.30. The summed E-state index contributed by atoms with van der Waals surface area (Å²) in [4.78, 5) is 0. The lowest BCUT2D eigenvalue weighted by molar-refractivity contribution is 0.0166. The summed E-state index contributed by atoms with van der Waals surface area (Å²) in [5, 5.41) is 3.78. The molecule has 21 heavy (non-hydrogen) atoms. The first-order valence-electron chi connectivity index (χ1n) is 8.81. The van der Waals surface area contributed by atoms with Crippen molar-refractivity contribution in [3.05, 3.63) is 35.4 Å². The van der Waals surface area contributed by atoms with E-state index in [4.69, 9.17) is 4.74 Å². The van der Waals surface area contributed by atoms with Gasteiger partial charge in [0.05, 0.1) is 12.7 Å². The second-order valence-electron chi connectivity index (χ2n) is 6.65. The second kappa shape index (κ2) is 7.42. The summed E-state index contributed by atoms with van der Waals surface area (Å²) in [5.74, 6) is 0.779. The topological polar surface area (TPSA) is 21.3 Å². The van der Waals surface area contributed by atoms with Gasteiger partial charge in [0.15, 0.2) is 0 Å². The zero-order chi connectivity index (χ0) is 14.5. The van der Waals surface area contributed by atoms with E-state index < -0.39 is 0 Å². The van der Waals surface area contributed by atoms with Crippen molar-refractivity contribution in [2.24, 2.45) is 5.92 Å². The number of rotatable bonds is 5. The minimum Gasteiger partial charge on any atom is -0.373 e. The van der Waals surface area contributed by atoms with Crippen LogP contribution in [-0.2, 0) is 11.2 Å². The van der Waals surface area contributed by atoms with Crippen LogP contribution in [0.4, 0.5) is 0 Å². The number of hydrogen-bond donors (Lipinski definition) is 1. The molecule has 3 unspecified atom stereocenters. The fourth-order valence-electron chi connectivity index (χ4n) is 4.04. The zero-order valence-electron chi connectivity index (χ0n) is 13.3. The molecule has 3 rings (SSSR count). The monoisotopic (exact) mass is 287 g/mol. The van der Waals surface area contributed by atoms with Crippen LogP contribution in [0.2, 0.25) is 0 Å². The third-order valence-electron chi connectivity index (χ3n) is 5.17. The van der Waals surface area contributed by atoms with Gasteiger partial charge in [-0.25, -0.2) is 0 Å². The number of ether oxygens (including phenoxy) is 1. The average Bonchev–Trinajstić information content (AvgIpc) is 2.54. The van der Waals surface area contributed by atoms with Crippen LogP contribution in [0.25, 0.3) is 0 Å². The van der Waals surface area contributed by atoms with E-state index in [2.05, 4.69) is 36.5 Å². The van der Waals surface area contributed by atoms with E-state index in [0.29, 0.717) is 12.1 Å². The van der Waals surface area contributed by atoms with Crippen molar-refractivity contribution in [1.82, 2.24) is 5.32 Å². The van der Waals surface area contributed by atoms with Gasteiger partial charge < -0.3 is 10.1 Å². The SMILES string of the molecule is CCCNC1CCCCC1CC1OCCc2ccccc21. The molecular formula is C19H29NO. The van der Waals surface area contributed by atoms with Crippen molar-refractivity contribution >= 4 is 0 Å². The highest BCUT2D eigenvalue weighted by molar-refractivity contribution is 5.31. The summed E-state index contributed by atoms with van der Waals surface area (Å²) >= 11 is 0. The molecule has 1 N–H and O–H groups in total. The molecule has 0 radical (unpaired) electrons. The van der Waals surface area contributed by atoms with Gasteiger partial charge in [0, 0.05) is 6.04 Å². The predicted molar refractivity (Wildman–Crippen MR) is 87.5 cm³/mol. The van der Waals surface area contributed by atoms with Crippen LogP contribution in [0, 0.1) is 5.92 Å². The van der Waals surface area contributed by atoms with E-state index in [0.717, 1.165) is 25.5 Å². The molecule has 0 spiro atoms. The molecule has 1 saturated carbocycles. The summed E-state index contributed by atoms with van der Waals surface area (Å²) in [6.45, 7) is 4.30. The average molecular weight is 287 g/mol. The van der Waals surface area contributed by atoms with E-state index in [9.17, 15) is 0 Å². The first kappa shape index (κ1) is 15.1. The van der Waals surface area contributed by atoms with Gasteiger partial charge >= 0.3 is 0 Å². The number of nitrogens with one attached hydrogen (secondary N) is 1. The molecule has 1 fully saturated rings. The molecule has 2 nitrogen and oxygen atoms in total. The Morgan fingerprint density at radius 3 is 2.95 bits per heavy atom. The first-order valence-corrected chi connectivity index (χ1v) is 8.81. The molecule has 1 heterocycles. The fourth-order valence-corrected chi connectivity index (χ4v) is 4.04. The standard InChI is InChI=1S/C19H29NO/c1-2-12-20-18-10-6-4-8-16(18)14-19-17-9-5-3-7-15(17)11-13-21-19/h3,5,7,9,16,18-20H,2,4,6,8,10-14H2,1H3. The predicted octanol–water partition coefficient (Wildman–Crippen LogP) is 4.25. The molecule has 1 aromatic rings. The second-order valence-corrected chi connectivity index (χ2v) is 6.65. The highest BCUT2D eigenvalue weighted by atomic mass is 16.5. The number of fused-ring (bicyclic) bond motifs is 1. The molecule has 0 bridgehead atoms. The van der Waals surface area contributed by atoms with Crippen molar-refractivity contribution in [3.63, 3.8) is 0 Å². The Balaban J connectivity index is 1.67. The molecule has 3 atom stereocenters. The molecule has 1 aliphatic heterocycles. The Morgan fingerprint density at radius 1 is 1.19 bits per heavy atom. The van der Waals surface area contributed by atoms with Crippen LogP contribution in [0.1, 0.15) is 62.7 Å². The van der Waals surface area contributed by atoms with Gasteiger partial charge in [-0.05, 0) is 55.7 Å². The zero-order valence-corrected chi connectivity index (χ0v) is 13.3. The number of hydrogen-bond acceptors (Lipinski definition) is 2. The molecule has 1 aliphatic carbocycles. The summed E-state index contributed by atoms with van der Waals surface area (Å²) in [7, 11) is 0. The summed E-state index contributed by atoms with van der Waals surface area (Å²) < 4.78 is 6.13. The van der Waals surface area contributed by atoms with Gasteiger partial charge in [0.1, 0.15) is 0 Å². The number of benzene rings is 1. The fraction of sp³-hybridized carbons (Fsp3) is 0.684. The normalized spacial score (nSPS) is 29.1. The van der Waals surface area contributed by atoms with Crippen LogP contribution < -0.4 is 5.32 Å². The molecule has 0 amide bonds. The molecule has 0 saturated heterocycles. The van der Waals surface area contributed by atoms with Gasteiger partial charge in [-0.3, -0.25) is 0 Å². The van der Waals surface area contributed by atoms with Crippen LogP contribution in [0.15, 0.2) is 24.3 Å². The van der Waals surface area contributed by atoms with Gasteiger partial charge in [-0.2, -0.15) is 0 Å². The quantitative estimate of drug-likeness (QED) is 0.874. The van der Waals surface area contributed by atoms with E-state index in [1.807, 2.05) is 0 Å². The Morgan fingerprint density at radius 2 is 2.05 bits per heavy atom. The minimum atomic E-state index is 0.323. The lowest BCUT2D eigenvalue weighted by Crippen LogP contribution is -2.40. The lowest BCUT2D eigenvalue weighted by Gasteiger charge is -2.36. The molecular weight excluding hydrogens is 258 g/mol. The van der Waals surface area contributed by atoms with Crippen LogP contribution >= 0.6 is 0 Å². The van der Waals surface area contributed by atoms with Gasteiger partial charge in [0.2, 0.25) is 0 Å². The third kappa shape index (κ3) is 3.67. The Hall–Kier alpha value is -0.860. The molecule has 2 aliphatic rings. The van der Waals surface area contributed by atoms with Crippen LogP contribution in [0.5, 0.6) is 0 Å². The minimum absolute atomic E-state index is 0.323. The van der Waals surface area contributed by atoms with E-state index in [-0.39, 0.29) is 0 Å². The lowest BCUT2D eigenvalue weighted by atomic mass is 9.79. The smallest absolute Gasteiger partial charge is 0.0831 e. The molecule has 2 heteroatoms. The molecule has 116 valence electrons. The van der Waals surface area contributed by atoms with Crippen molar-refractivity contribution in [3.8, 4) is 0 Å². The summed E-state index contributed by atoms with van der Waals surface area (Å²) in [6.07, 6.45) is 9.31. The van der Waals surface area contributed by atoms with E-state index in [1.165, 1.54) is 49.7 Å².